The molecular weight excluding hydrogens is 352 g/mol. The minimum atomic E-state index is 0.301. The molecule has 0 atom stereocenters. The largest absolute Gasteiger partial charge is 0.469 e. The van der Waals surface area contributed by atoms with Crippen molar-refractivity contribution in [2.45, 2.75) is 20.1 Å². The molecule has 28 heavy (non-hydrogen) atoms. The standard InChI is InChI=1S/C21H18N6O/c1-2-26-19(22-14-24-26)13-28-21-17-11-7-6-10-16(17)18-12-23-27(20(18)25-21)15-8-4-3-5-9-15/h3-12,14H,2,13H2,1H3. The third-order valence-electron chi connectivity index (χ3n) is 4.73. The average molecular weight is 370 g/mol. The van der Waals surface area contributed by atoms with Crippen molar-refractivity contribution in [3.05, 3.63) is 72.9 Å². The minimum Gasteiger partial charge on any atom is -0.469 e. The van der Waals surface area contributed by atoms with E-state index in [1.807, 2.05) is 71.0 Å². The topological polar surface area (TPSA) is 70.7 Å². The maximum Gasteiger partial charge on any atom is 0.223 e. The van der Waals surface area contributed by atoms with E-state index in [-0.39, 0.29) is 0 Å². The Hall–Kier alpha value is -3.74. The van der Waals surface area contributed by atoms with Crippen LogP contribution in [0.4, 0.5) is 0 Å². The molecule has 0 spiro atoms. The summed E-state index contributed by atoms with van der Waals surface area (Å²) in [7, 11) is 0. The normalized spacial score (nSPS) is 11.3. The van der Waals surface area contributed by atoms with Gasteiger partial charge in [0.1, 0.15) is 12.9 Å². The van der Waals surface area contributed by atoms with Gasteiger partial charge in [-0.1, -0.05) is 36.4 Å². The molecule has 0 aliphatic heterocycles. The molecule has 3 heterocycles. The number of nitrogens with zero attached hydrogens (tertiary/aromatic N) is 6. The predicted octanol–water partition coefficient (Wildman–Crippen LogP) is 3.76. The van der Waals surface area contributed by atoms with E-state index in [1.54, 1.807) is 6.33 Å². The van der Waals surface area contributed by atoms with Gasteiger partial charge in [0.05, 0.1) is 11.9 Å². The minimum absolute atomic E-state index is 0.301. The van der Waals surface area contributed by atoms with Gasteiger partial charge in [0, 0.05) is 17.3 Å². The first-order valence-electron chi connectivity index (χ1n) is 9.16. The molecule has 0 aliphatic rings. The number of hydrogen-bond donors (Lipinski definition) is 0. The molecule has 0 saturated carbocycles. The Kier molecular flexibility index (Phi) is 3.97. The molecule has 0 N–H and O–H groups in total. The summed E-state index contributed by atoms with van der Waals surface area (Å²) in [5.41, 5.74) is 1.72. The molecule has 2 aromatic carbocycles. The zero-order valence-corrected chi connectivity index (χ0v) is 15.4. The number of aryl methyl sites for hydroxylation is 1. The molecular formula is C21H18N6O. The fraction of sp³-hybridized carbons (Fsp3) is 0.143. The third-order valence-corrected chi connectivity index (χ3v) is 4.73. The Labute approximate surface area is 161 Å². The van der Waals surface area contributed by atoms with Gasteiger partial charge in [-0.3, -0.25) is 0 Å². The number of benzene rings is 2. The Morgan fingerprint density at radius 2 is 1.68 bits per heavy atom. The van der Waals surface area contributed by atoms with Gasteiger partial charge < -0.3 is 4.74 Å². The Bertz CT molecular complexity index is 1260. The molecule has 5 rings (SSSR count). The first kappa shape index (κ1) is 16.4. The highest BCUT2D eigenvalue weighted by atomic mass is 16.5. The van der Waals surface area contributed by atoms with Crippen LogP contribution in [0.5, 0.6) is 5.88 Å². The van der Waals surface area contributed by atoms with Crippen LogP contribution in [0.2, 0.25) is 0 Å². The van der Waals surface area contributed by atoms with Crippen LogP contribution in [0.25, 0.3) is 27.5 Å². The summed E-state index contributed by atoms with van der Waals surface area (Å²) in [5, 5.41) is 11.8. The second-order valence-electron chi connectivity index (χ2n) is 6.37. The third kappa shape index (κ3) is 2.68. The van der Waals surface area contributed by atoms with Gasteiger partial charge in [-0.15, -0.1) is 0 Å². The Morgan fingerprint density at radius 3 is 2.50 bits per heavy atom. The van der Waals surface area contributed by atoms with Crippen LogP contribution in [0.1, 0.15) is 12.7 Å². The highest BCUT2D eigenvalue weighted by molar-refractivity contribution is 6.06. The molecule has 138 valence electrons. The van der Waals surface area contributed by atoms with Crippen molar-refractivity contribution in [2.24, 2.45) is 0 Å². The Morgan fingerprint density at radius 1 is 0.893 bits per heavy atom. The SMILES string of the molecule is CCn1ncnc1COc1nc2c(cnn2-c2ccccc2)c2ccccc12. The van der Waals surface area contributed by atoms with Gasteiger partial charge in [-0.2, -0.15) is 15.2 Å². The highest BCUT2D eigenvalue weighted by Crippen LogP contribution is 2.31. The van der Waals surface area contributed by atoms with Gasteiger partial charge in [0.2, 0.25) is 5.88 Å². The fourth-order valence-corrected chi connectivity index (χ4v) is 3.37. The van der Waals surface area contributed by atoms with E-state index >= 15 is 0 Å². The summed E-state index contributed by atoms with van der Waals surface area (Å²) >= 11 is 0. The number of pyridine rings is 1. The van der Waals surface area contributed by atoms with Crippen LogP contribution >= 0.6 is 0 Å². The summed E-state index contributed by atoms with van der Waals surface area (Å²) in [4.78, 5) is 9.10. The van der Waals surface area contributed by atoms with E-state index in [2.05, 4.69) is 21.2 Å². The first-order chi connectivity index (χ1) is 13.8. The molecule has 0 unspecified atom stereocenters. The summed E-state index contributed by atoms with van der Waals surface area (Å²) in [6.45, 7) is 3.07. The van der Waals surface area contributed by atoms with Crippen LogP contribution in [0.15, 0.2) is 67.1 Å². The van der Waals surface area contributed by atoms with Crippen molar-refractivity contribution >= 4 is 21.8 Å². The van der Waals surface area contributed by atoms with Crippen LogP contribution in [0, 0.1) is 0 Å². The van der Waals surface area contributed by atoms with Crippen molar-refractivity contribution in [3.63, 3.8) is 0 Å². The van der Waals surface area contributed by atoms with E-state index in [1.165, 1.54) is 0 Å². The number of ether oxygens (including phenoxy) is 1. The number of rotatable bonds is 5. The van der Waals surface area contributed by atoms with Crippen LogP contribution in [-0.4, -0.2) is 29.5 Å². The molecule has 7 nitrogen and oxygen atoms in total. The molecule has 0 aliphatic carbocycles. The lowest BCUT2D eigenvalue weighted by Crippen LogP contribution is -2.08. The summed E-state index contributed by atoms with van der Waals surface area (Å²) in [5.74, 6) is 1.33. The number of para-hydroxylation sites is 1. The fourth-order valence-electron chi connectivity index (χ4n) is 3.37. The second kappa shape index (κ2) is 6.77. The van der Waals surface area contributed by atoms with E-state index in [0.717, 1.165) is 39.9 Å². The van der Waals surface area contributed by atoms with Crippen LogP contribution in [0.3, 0.4) is 0 Å². The van der Waals surface area contributed by atoms with Crippen molar-refractivity contribution < 1.29 is 4.74 Å². The van der Waals surface area contributed by atoms with Crippen molar-refractivity contribution in [1.29, 1.82) is 0 Å². The average Bonchev–Trinajstić information content (AvgIpc) is 3.39. The van der Waals surface area contributed by atoms with Gasteiger partial charge in [0.25, 0.3) is 0 Å². The maximum absolute atomic E-state index is 6.10. The second-order valence-corrected chi connectivity index (χ2v) is 6.37. The lowest BCUT2D eigenvalue weighted by atomic mass is 10.1. The molecule has 0 radical (unpaired) electrons. The zero-order chi connectivity index (χ0) is 18.9. The monoisotopic (exact) mass is 370 g/mol. The van der Waals surface area contributed by atoms with Crippen molar-refractivity contribution in [2.75, 3.05) is 0 Å². The van der Waals surface area contributed by atoms with Gasteiger partial charge in [-0.25, -0.2) is 14.3 Å². The quantitative estimate of drug-likeness (QED) is 0.471. The Balaban J connectivity index is 1.64. The number of hydrogen-bond acceptors (Lipinski definition) is 5. The maximum atomic E-state index is 6.10. The van der Waals surface area contributed by atoms with Gasteiger partial charge in [-0.05, 0) is 30.5 Å². The van der Waals surface area contributed by atoms with Crippen LogP contribution in [-0.2, 0) is 13.2 Å². The lowest BCUT2D eigenvalue weighted by Gasteiger charge is -2.10. The summed E-state index contributed by atoms with van der Waals surface area (Å²) in [6, 6.07) is 18.0. The van der Waals surface area contributed by atoms with Gasteiger partial charge in [0.15, 0.2) is 11.5 Å². The van der Waals surface area contributed by atoms with E-state index in [9.17, 15) is 0 Å². The summed E-state index contributed by atoms with van der Waals surface area (Å²) in [6.07, 6.45) is 3.40. The van der Waals surface area contributed by atoms with Crippen LogP contribution < -0.4 is 4.74 Å². The highest BCUT2D eigenvalue weighted by Gasteiger charge is 2.15. The van der Waals surface area contributed by atoms with Crippen molar-refractivity contribution in [3.8, 4) is 11.6 Å². The molecule has 3 aromatic heterocycles. The van der Waals surface area contributed by atoms with E-state index in [4.69, 9.17) is 9.72 Å². The van der Waals surface area contributed by atoms with Crippen molar-refractivity contribution in [1.82, 2.24) is 29.5 Å². The number of aromatic nitrogens is 6. The molecule has 0 amide bonds. The van der Waals surface area contributed by atoms with Gasteiger partial charge >= 0.3 is 0 Å². The number of fused-ring (bicyclic) bond motifs is 3. The molecule has 0 fully saturated rings. The van der Waals surface area contributed by atoms with E-state index in [0.29, 0.717) is 12.5 Å². The predicted molar refractivity (Wildman–Crippen MR) is 106 cm³/mol. The smallest absolute Gasteiger partial charge is 0.223 e. The lowest BCUT2D eigenvalue weighted by molar-refractivity contribution is 0.280. The molecule has 7 heteroatoms. The summed E-state index contributed by atoms with van der Waals surface area (Å²) < 4.78 is 9.75. The zero-order valence-electron chi connectivity index (χ0n) is 15.4. The molecule has 0 bridgehead atoms. The molecule has 0 saturated heterocycles. The molecule has 5 aromatic rings. The first-order valence-corrected chi connectivity index (χ1v) is 9.16. The van der Waals surface area contributed by atoms with E-state index < -0.39 is 0 Å².